The fourth-order valence-corrected chi connectivity index (χ4v) is 4.56. The molecule has 1 aromatic carbocycles. The first-order valence-electron chi connectivity index (χ1n) is 11.9. The van der Waals surface area contributed by atoms with Gasteiger partial charge in [0.1, 0.15) is 11.6 Å². The Balaban J connectivity index is 1.24. The molecule has 0 amide bonds. The Morgan fingerprint density at radius 1 is 1.00 bits per heavy atom. The predicted octanol–water partition coefficient (Wildman–Crippen LogP) is 4.44. The molecule has 7 nitrogen and oxygen atoms in total. The number of fused-ring (bicyclic) bond motifs is 1. The average molecular weight is 440 g/mol. The Morgan fingerprint density at radius 3 is 2.61 bits per heavy atom. The first kappa shape index (κ1) is 20.2. The van der Waals surface area contributed by atoms with Crippen LogP contribution in [0.25, 0.3) is 16.9 Å². The van der Waals surface area contributed by atoms with Crippen molar-refractivity contribution in [1.82, 2.24) is 24.9 Å². The summed E-state index contributed by atoms with van der Waals surface area (Å²) in [5.74, 6) is 2.51. The lowest BCUT2D eigenvalue weighted by Gasteiger charge is -2.24. The highest BCUT2D eigenvalue weighted by Crippen LogP contribution is 2.42. The van der Waals surface area contributed by atoms with E-state index in [1.807, 2.05) is 35.1 Å². The standard InChI is InChI=1S/C26H29N7/c1-2-12-28-23(3-1)20-6-4-18(5-7-20)16-29-25-15-24(31-21-10-13-27-14-11-21)32-26-22(19-8-9-19)17-30-33(25)26/h1-7,12,15,17,19,21,27,29H,8-11,13-14,16H2,(H,31,32). The molecular weight excluding hydrogens is 410 g/mol. The summed E-state index contributed by atoms with van der Waals surface area (Å²) in [5.41, 5.74) is 5.57. The third-order valence-corrected chi connectivity index (χ3v) is 6.60. The Hall–Kier alpha value is -3.45. The SMILES string of the molecule is c1ccc(-c2ccc(CNc3cc(NC4CCNCC4)nc4c(C5CC5)cnn34)cc2)nc1. The summed E-state index contributed by atoms with van der Waals surface area (Å²) < 4.78 is 1.96. The largest absolute Gasteiger partial charge is 0.367 e. The number of hydrogen-bond acceptors (Lipinski definition) is 6. The van der Waals surface area contributed by atoms with Crippen LogP contribution in [0.3, 0.4) is 0 Å². The van der Waals surface area contributed by atoms with Crippen molar-refractivity contribution in [2.45, 2.75) is 44.2 Å². The molecule has 0 spiro atoms. The van der Waals surface area contributed by atoms with Gasteiger partial charge in [0.05, 0.1) is 11.9 Å². The van der Waals surface area contributed by atoms with Gasteiger partial charge in [-0.05, 0) is 62.4 Å². The molecule has 6 rings (SSSR count). The molecule has 2 fully saturated rings. The number of nitrogens with zero attached hydrogens (tertiary/aromatic N) is 4. The highest BCUT2D eigenvalue weighted by atomic mass is 15.3. The third-order valence-electron chi connectivity index (χ3n) is 6.60. The van der Waals surface area contributed by atoms with Gasteiger partial charge in [0, 0.05) is 36.0 Å². The molecule has 3 N–H and O–H groups in total. The Morgan fingerprint density at radius 2 is 1.85 bits per heavy atom. The second-order valence-electron chi connectivity index (χ2n) is 9.07. The maximum absolute atomic E-state index is 4.97. The van der Waals surface area contributed by atoms with E-state index >= 15 is 0 Å². The molecule has 3 aromatic heterocycles. The van der Waals surface area contributed by atoms with E-state index in [4.69, 9.17) is 4.98 Å². The van der Waals surface area contributed by atoms with E-state index in [1.54, 1.807) is 0 Å². The summed E-state index contributed by atoms with van der Waals surface area (Å²) in [7, 11) is 0. The van der Waals surface area contributed by atoms with Crippen LogP contribution < -0.4 is 16.0 Å². The summed E-state index contributed by atoms with van der Waals surface area (Å²) >= 11 is 0. The molecule has 33 heavy (non-hydrogen) atoms. The van der Waals surface area contributed by atoms with E-state index in [1.165, 1.54) is 24.0 Å². The molecule has 0 bridgehead atoms. The second kappa shape index (κ2) is 8.83. The predicted molar refractivity (Wildman–Crippen MR) is 131 cm³/mol. The average Bonchev–Trinajstić information content (AvgIpc) is 3.63. The van der Waals surface area contributed by atoms with Gasteiger partial charge in [-0.3, -0.25) is 4.98 Å². The second-order valence-corrected chi connectivity index (χ2v) is 9.07. The topological polar surface area (TPSA) is 79.2 Å². The minimum absolute atomic E-state index is 0.459. The number of nitrogens with one attached hydrogen (secondary N) is 3. The van der Waals surface area contributed by atoms with Gasteiger partial charge in [-0.2, -0.15) is 9.61 Å². The van der Waals surface area contributed by atoms with Gasteiger partial charge in [0.15, 0.2) is 5.65 Å². The molecule has 168 valence electrons. The fraction of sp³-hybridized carbons (Fsp3) is 0.346. The summed E-state index contributed by atoms with van der Waals surface area (Å²) in [6.45, 7) is 2.83. The zero-order valence-electron chi connectivity index (χ0n) is 18.7. The highest BCUT2D eigenvalue weighted by Gasteiger charge is 2.28. The van der Waals surface area contributed by atoms with Gasteiger partial charge >= 0.3 is 0 Å². The quantitative estimate of drug-likeness (QED) is 0.395. The lowest BCUT2D eigenvalue weighted by Crippen LogP contribution is -2.35. The van der Waals surface area contributed by atoms with Gasteiger partial charge in [0.25, 0.3) is 0 Å². The van der Waals surface area contributed by atoms with Crippen LogP contribution in [0.2, 0.25) is 0 Å². The van der Waals surface area contributed by atoms with E-state index in [0.717, 1.165) is 54.5 Å². The van der Waals surface area contributed by atoms with Crippen molar-refractivity contribution < 1.29 is 0 Å². The monoisotopic (exact) mass is 439 g/mol. The molecule has 2 aliphatic rings. The van der Waals surface area contributed by atoms with Gasteiger partial charge in [0.2, 0.25) is 0 Å². The van der Waals surface area contributed by atoms with Gasteiger partial charge in [-0.25, -0.2) is 4.98 Å². The van der Waals surface area contributed by atoms with Crippen LogP contribution in [0.4, 0.5) is 11.6 Å². The first-order chi connectivity index (χ1) is 16.3. The van der Waals surface area contributed by atoms with E-state index in [-0.39, 0.29) is 0 Å². The summed E-state index contributed by atoms with van der Waals surface area (Å²) in [6.07, 6.45) is 8.54. The fourth-order valence-electron chi connectivity index (χ4n) is 4.56. The van der Waals surface area contributed by atoms with Crippen LogP contribution in [0.15, 0.2) is 60.9 Å². The van der Waals surface area contributed by atoms with Crippen molar-refractivity contribution in [3.05, 3.63) is 72.1 Å². The molecule has 7 heteroatoms. The van der Waals surface area contributed by atoms with E-state index < -0.39 is 0 Å². The van der Waals surface area contributed by atoms with E-state index in [9.17, 15) is 0 Å². The van der Waals surface area contributed by atoms with Crippen LogP contribution in [-0.4, -0.2) is 38.7 Å². The van der Waals surface area contributed by atoms with Crippen molar-refractivity contribution in [2.24, 2.45) is 0 Å². The van der Waals surface area contributed by atoms with Gasteiger partial charge in [-0.1, -0.05) is 30.3 Å². The molecule has 1 aliphatic heterocycles. The van der Waals surface area contributed by atoms with Crippen LogP contribution >= 0.6 is 0 Å². The van der Waals surface area contributed by atoms with Crippen molar-refractivity contribution >= 4 is 17.3 Å². The maximum atomic E-state index is 4.97. The molecular formula is C26H29N7. The third kappa shape index (κ3) is 4.41. The summed E-state index contributed by atoms with van der Waals surface area (Å²) in [6, 6.07) is 17.1. The minimum Gasteiger partial charge on any atom is -0.367 e. The number of hydrogen-bond donors (Lipinski definition) is 3. The van der Waals surface area contributed by atoms with Crippen LogP contribution in [0.1, 0.15) is 42.7 Å². The molecule has 0 unspecified atom stereocenters. The Kier molecular flexibility index (Phi) is 5.40. The van der Waals surface area contributed by atoms with E-state index in [0.29, 0.717) is 18.5 Å². The molecule has 1 aliphatic carbocycles. The Bertz CT molecular complexity index is 1220. The lowest BCUT2D eigenvalue weighted by molar-refractivity contribution is 0.478. The van der Waals surface area contributed by atoms with Crippen LogP contribution in [0, 0.1) is 0 Å². The minimum atomic E-state index is 0.459. The number of anilines is 2. The summed E-state index contributed by atoms with van der Waals surface area (Å²) in [5, 5.41) is 15.4. The zero-order chi connectivity index (χ0) is 22.0. The van der Waals surface area contributed by atoms with Crippen LogP contribution in [-0.2, 0) is 6.54 Å². The van der Waals surface area contributed by atoms with Gasteiger partial charge < -0.3 is 16.0 Å². The summed E-state index contributed by atoms with van der Waals surface area (Å²) in [4.78, 5) is 9.41. The van der Waals surface area contributed by atoms with Crippen molar-refractivity contribution in [3.8, 4) is 11.3 Å². The number of aromatic nitrogens is 4. The molecule has 4 aromatic rings. The lowest BCUT2D eigenvalue weighted by atomic mass is 10.1. The molecule has 4 heterocycles. The smallest absolute Gasteiger partial charge is 0.163 e. The normalized spacial score (nSPS) is 16.7. The van der Waals surface area contributed by atoms with Crippen molar-refractivity contribution in [3.63, 3.8) is 0 Å². The number of rotatable bonds is 7. The van der Waals surface area contributed by atoms with E-state index in [2.05, 4.69) is 56.4 Å². The Labute approximate surface area is 193 Å². The van der Waals surface area contributed by atoms with Crippen molar-refractivity contribution in [1.29, 1.82) is 0 Å². The van der Waals surface area contributed by atoms with Gasteiger partial charge in [-0.15, -0.1) is 0 Å². The van der Waals surface area contributed by atoms with Crippen molar-refractivity contribution in [2.75, 3.05) is 23.7 Å². The number of benzene rings is 1. The molecule has 0 radical (unpaired) electrons. The molecule has 0 atom stereocenters. The molecule has 1 saturated heterocycles. The molecule has 1 saturated carbocycles. The maximum Gasteiger partial charge on any atom is 0.163 e. The first-order valence-corrected chi connectivity index (χ1v) is 11.9. The highest BCUT2D eigenvalue weighted by molar-refractivity contribution is 5.62. The van der Waals surface area contributed by atoms with Crippen LogP contribution in [0.5, 0.6) is 0 Å². The number of pyridine rings is 1. The zero-order valence-corrected chi connectivity index (χ0v) is 18.7. The number of piperidine rings is 1.